The quantitative estimate of drug-likeness (QED) is 0.789. The largest absolute Gasteiger partial charge is 0.354 e. The Morgan fingerprint density at radius 3 is 2.48 bits per heavy atom. The summed E-state index contributed by atoms with van der Waals surface area (Å²) in [7, 11) is 0. The van der Waals surface area contributed by atoms with E-state index in [0.717, 1.165) is 50.7 Å². The predicted molar refractivity (Wildman–Crippen MR) is 119 cm³/mol. The van der Waals surface area contributed by atoms with Crippen LogP contribution in [-0.2, 0) is 11.2 Å². The summed E-state index contributed by atoms with van der Waals surface area (Å²) in [6, 6.07) is 15.2. The smallest absolute Gasteiger partial charge is 0.136 e. The van der Waals surface area contributed by atoms with E-state index in [-0.39, 0.29) is 11.2 Å². The number of benzene rings is 2. The predicted octanol–water partition coefficient (Wildman–Crippen LogP) is 4.21. The normalized spacial score (nSPS) is 17.2. The second-order valence-corrected chi connectivity index (χ2v) is 9.10. The van der Waals surface area contributed by atoms with Gasteiger partial charge in [0.2, 0.25) is 0 Å². The molecular weight excluding hydrogens is 358 g/mol. The second kappa shape index (κ2) is 7.75. The molecule has 0 amide bonds. The standard InChI is InChI=1S/C25H31N3O/c1-18-9-10-23-21(15-18)16-20-7-5-6-8-22(20)24(26-23)28-13-11-27(12-14-28)17-25(3,4)19(2)29/h5-10,15H,11-14,16-17H2,1-4H3. The highest BCUT2D eigenvalue weighted by molar-refractivity contribution is 6.02. The Morgan fingerprint density at radius 1 is 1.03 bits per heavy atom. The minimum atomic E-state index is -0.286. The number of aryl methyl sites for hydroxylation is 1. The number of carbonyl (C=O) groups excluding carboxylic acids is 1. The summed E-state index contributed by atoms with van der Waals surface area (Å²) >= 11 is 0. The van der Waals surface area contributed by atoms with Crippen LogP contribution in [0.4, 0.5) is 5.69 Å². The molecule has 2 aliphatic rings. The van der Waals surface area contributed by atoms with E-state index < -0.39 is 0 Å². The summed E-state index contributed by atoms with van der Waals surface area (Å²) in [5.74, 6) is 1.35. The lowest BCUT2D eigenvalue weighted by atomic mass is 9.88. The first-order valence-corrected chi connectivity index (χ1v) is 10.6. The Balaban J connectivity index is 1.59. The molecule has 2 aliphatic heterocycles. The van der Waals surface area contributed by atoms with Crippen LogP contribution in [-0.4, -0.2) is 54.1 Å². The number of nitrogens with zero attached hydrogens (tertiary/aromatic N) is 3. The van der Waals surface area contributed by atoms with E-state index >= 15 is 0 Å². The van der Waals surface area contributed by atoms with Gasteiger partial charge in [0.1, 0.15) is 11.6 Å². The fourth-order valence-corrected chi connectivity index (χ4v) is 4.27. The summed E-state index contributed by atoms with van der Waals surface area (Å²) in [6.07, 6.45) is 0.924. The summed E-state index contributed by atoms with van der Waals surface area (Å²) < 4.78 is 0. The SMILES string of the molecule is CC(=O)C(C)(C)CN1CCN(C2=Nc3ccc(C)cc3Cc3ccccc32)CC1. The maximum Gasteiger partial charge on any atom is 0.136 e. The highest BCUT2D eigenvalue weighted by Gasteiger charge is 2.30. The summed E-state index contributed by atoms with van der Waals surface area (Å²) in [4.78, 5) is 21.9. The first-order valence-electron chi connectivity index (χ1n) is 10.6. The molecule has 0 radical (unpaired) electrons. The molecule has 0 atom stereocenters. The van der Waals surface area contributed by atoms with Crippen LogP contribution in [0.25, 0.3) is 0 Å². The zero-order chi connectivity index (χ0) is 20.6. The molecule has 0 saturated carbocycles. The third kappa shape index (κ3) is 4.13. The average Bonchev–Trinajstić information content (AvgIpc) is 2.84. The maximum atomic E-state index is 11.9. The van der Waals surface area contributed by atoms with Gasteiger partial charge in [0.15, 0.2) is 0 Å². The van der Waals surface area contributed by atoms with Gasteiger partial charge in [-0.3, -0.25) is 9.69 Å². The van der Waals surface area contributed by atoms with Crippen LogP contribution < -0.4 is 0 Å². The number of ketones is 1. The van der Waals surface area contributed by atoms with Crippen LogP contribution >= 0.6 is 0 Å². The number of carbonyl (C=O) groups is 1. The molecule has 29 heavy (non-hydrogen) atoms. The van der Waals surface area contributed by atoms with Gasteiger partial charge in [0, 0.05) is 50.1 Å². The van der Waals surface area contributed by atoms with Gasteiger partial charge in [-0.2, -0.15) is 0 Å². The van der Waals surface area contributed by atoms with E-state index in [1.165, 1.54) is 22.3 Å². The van der Waals surface area contributed by atoms with Crippen molar-refractivity contribution in [1.82, 2.24) is 9.80 Å². The molecule has 4 rings (SSSR count). The number of hydrogen-bond donors (Lipinski definition) is 0. The lowest BCUT2D eigenvalue weighted by Gasteiger charge is -2.39. The molecule has 0 bridgehead atoms. The lowest BCUT2D eigenvalue weighted by molar-refractivity contribution is -0.126. The first kappa shape index (κ1) is 19.8. The number of rotatable bonds is 3. The minimum absolute atomic E-state index is 0.258. The van der Waals surface area contributed by atoms with E-state index in [1.54, 1.807) is 6.92 Å². The zero-order valence-electron chi connectivity index (χ0n) is 18.0. The average molecular weight is 390 g/mol. The number of fused-ring (bicyclic) bond motifs is 2. The van der Waals surface area contributed by atoms with E-state index in [0.29, 0.717) is 0 Å². The number of piperazine rings is 1. The fraction of sp³-hybridized carbons (Fsp3) is 0.440. The van der Waals surface area contributed by atoms with E-state index in [2.05, 4.69) is 59.2 Å². The van der Waals surface area contributed by atoms with Crippen LogP contribution in [0, 0.1) is 12.3 Å². The summed E-state index contributed by atoms with van der Waals surface area (Å²) in [6.45, 7) is 12.5. The molecule has 0 unspecified atom stereocenters. The van der Waals surface area contributed by atoms with Crippen LogP contribution in [0.3, 0.4) is 0 Å². The third-order valence-electron chi connectivity index (χ3n) is 6.34. The molecule has 0 N–H and O–H groups in total. The third-order valence-corrected chi connectivity index (χ3v) is 6.34. The van der Waals surface area contributed by atoms with Crippen molar-refractivity contribution in [3.05, 3.63) is 64.7 Å². The fourth-order valence-electron chi connectivity index (χ4n) is 4.27. The molecule has 4 nitrogen and oxygen atoms in total. The molecular formula is C25H31N3O. The topological polar surface area (TPSA) is 35.9 Å². The van der Waals surface area contributed by atoms with Gasteiger partial charge in [0.25, 0.3) is 0 Å². The molecule has 0 aromatic heterocycles. The van der Waals surface area contributed by atoms with Crippen molar-refractivity contribution in [3.8, 4) is 0 Å². The molecule has 152 valence electrons. The summed E-state index contributed by atoms with van der Waals surface area (Å²) in [5, 5.41) is 0. The van der Waals surface area contributed by atoms with Crippen molar-refractivity contribution in [1.29, 1.82) is 0 Å². The van der Waals surface area contributed by atoms with E-state index in [4.69, 9.17) is 4.99 Å². The van der Waals surface area contributed by atoms with Crippen LogP contribution in [0.15, 0.2) is 47.5 Å². The van der Waals surface area contributed by atoms with Gasteiger partial charge in [-0.25, -0.2) is 4.99 Å². The van der Waals surface area contributed by atoms with Gasteiger partial charge >= 0.3 is 0 Å². The Hall–Kier alpha value is -2.46. The van der Waals surface area contributed by atoms with Crippen LogP contribution in [0.2, 0.25) is 0 Å². The molecule has 0 spiro atoms. The minimum Gasteiger partial charge on any atom is -0.354 e. The highest BCUT2D eigenvalue weighted by Crippen LogP contribution is 2.31. The summed E-state index contributed by atoms with van der Waals surface area (Å²) in [5.41, 5.74) is 5.97. The van der Waals surface area contributed by atoms with Gasteiger partial charge in [-0.1, -0.05) is 55.8 Å². The number of Topliss-reactive ketones (excluding diaryl/α,β-unsaturated/α-hetero) is 1. The van der Waals surface area contributed by atoms with E-state index in [9.17, 15) is 4.79 Å². The van der Waals surface area contributed by atoms with Crippen molar-refractivity contribution in [2.45, 2.75) is 34.1 Å². The Morgan fingerprint density at radius 2 is 1.76 bits per heavy atom. The van der Waals surface area contributed by atoms with Crippen molar-refractivity contribution < 1.29 is 4.79 Å². The van der Waals surface area contributed by atoms with Crippen molar-refractivity contribution in [2.24, 2.45) is 10.4 Å². The monoisotopic (exact) mass is 389 g/mol. The van der Waals surface area contributed by atoms with Crippen molar-refractivity contribution >= 4 is 17.3 Å². The second-order valence-electron chi connectivity index (χ2n) is 9.10. The molecule has 1 fully saturated rings. The van der Waals surface area contributed by atoms with Crippen molar-refractivity contribution in [2.75, 3.05) is 32.7 Å². The van der Waals surface area contributed by atoms with E-state index in [1.807, 2.05) is 13.8 Å². The molecule has 4 heteroatoms. The number of aliphatic imine (C=N–C) groups is 1. The van der Waals surface area contributed by atoms with Gasteiger partial charge in [-0.05, 0) is 31.0 Å². The lowest BCUT2D eigenvalue weighted by Crippen LogP contribution is -2.51. The number of hydrogen-bond acceptors (Lipinski definition) is 4. The zero-order valence-corrected chi connectivity index (χ0v) is 18.0. The van der Waals surface area contributed by atoms with Gasteiger partial charge < -0.3 is 4.90 Å². The van der Waals surface area contributed by atoms with Gasteiger partial charge in [-0.15, -0.1) is 0 Å². The first-order chi connectivity index (χ1) is 13.8. The molecule has 0 aliphatic carbocycles. The van der Waals surface area contributed by atoms with Crippen LogP contribution in [0.1, 0.15) is 43.0 Å². The molecule has 2 heterocycles. The Bertz CT molecular complexity index is 952. The molecule has 2 aromatic carbocycles. The molecule has 2 aromatic rings. The maximum absolute atomic E-state index is 11.9. The molecule has 1 saturated heterocycles. The van der Waals surface area contributed by atoms with Gasteiger partial charge in [0.05, 0.1) is 5.69 Å². The van der Waals surface area contributed by atoms with Crippen molar-refractivity contribution in [3.63, 3.8) is 0 Å². The van der Waals surface area contributed by atoms with Crippen LogP contribution in [0.5, 0.6) is 0 Å². The Kier molecular flexibility index (Phi) is 5.30. The number of amidine groups is 1. The highest BCUT2D eigenvalue weighted by atomic mass is 16.1. The Labute approximate surface area is 174 Å².